The highest BCUT2D eigenvalue weighted by atomic mass is 19.4. The van der Waals surface area contributed by atoms with Crippen LogP contribution in [0.15, 0.2) is 18.2 Å². The fourth-order valence-electron chi connectivity index (χ4n) is 7.03. The van der Waals surface area contributed by atoms with Crippen molar-refractivity contribution in [3.8, 4) is 5.75 Å². The number of aliphatic hydroxyl groups excluding tert-OH is 2. The lowest BCUT2D eigenvalue weighted by Crippen LogP contribution is -2.72. The Hall–Kier alpha value is -1.95. The van der Waals surface area contributed by atoms with Gasteiger partial charge < -0.3 is 41.0 Å². The van der Waals surface area contributed by atoms with Crippen LogP contribution in [0.5, 0.6) is 5.75 Å². The van der Waals surface area contributed by atoms with Gasteiger partial charge in [-0.2, -0.15) is 0 Å². The van der Waals surface area contributed by atoms with Gasteiger partial charge in [-0.15, -0.1) is 13.2 Å². The molecule has 0 bridgehead atoms. The van der Waals surface area contributed by atoms with Crippen LogP contribution in [0, 0.1) is 5.92 Å². The lowest BCUT2D eigenvalue weighted by atomic mass is 9.76. The normalized spacial score (nSPS) is 39.9. The second-order valence-electron chi connectivity index (χ2n) is 12.3. The van der Waals surface area contributed by atoms with Gasteiger partial charge in [0.15, 0.2) is 0 Å². The zero-order chi connectivity index (χ0) is 29.8. The van der Waals surface area contributed by atoms with Crippen LogP contribution in [-0.4, -0.2) is 108 Å². The molecule has 0 amide bonds. The van der Waals surface area contributed by atoms with E-state index in [4.69, 9.17) is 10.5 Å². The number of nitrogens with one attached hydrogen (secondary N) is 5. The summed E-state index contributed by atoms with van der Waals surface area (Å²) in [7, 11) is 2.03. The number of alkyl halides is 3. The third kappa shape index (κ3) is 6.16. The van der Waals surface area contributed by atoms with Crippen LogP contribution in [-0.2, 0) is 4.74 Å². The van der Waals surface area contributed by atoms with E-state index < -0.39 is 30.9 Å². The molecule has 0 radical (unpaired) electrons. The number of hydrogen-bond acceptors (Lipinski definition) is 12. The van der Waals surface area contributed by atoms with E-state index in [9.17, 15) is 23.4 Å². The minimum Gasteiger partial charge on any atom is -0.406 e. The molecule has 1 aromatic rings. The minimum absolute atomic E-state index is 0.0425. The quantitative estimate of drug-likeness (QED) is 0.199. The Morgan fingerprint density at radius 3 is 2.60 bits per heavy atom. The molecule has 4 aliphatic heterocycles. The van der Waals surface area contributed by atoms with Gasteiger partial charge in [0.05, 0.1) is 48.7 Å². The molecule has 42 heavy (non-hydrogen) atoms. The molecule has 1 aromatic carbocycles. The molecule has 3 saturated heterocycles. The average Bonchev–Trinajstić information content (AvgIpc) is 3.58. The van der Waals surface area contributed by atoms with Crippen LogP contribution < -0.4 is 37.1 Å². The summed E-state index contributed by atoms with van der Waals surface area (Å²) >= 11 is 0. The van der Waals surface area contributed by atoms with E-state index in [-0.39, 0.29) is 36.5 Å². The number of benzene rings is 1. The first-order valence-corrected chi connectivity index (χ1v) is 14.9. The average molecular weight is 601 g/mol. The Labute approximate surface area is 243 Å². The first-order valence-electron chi connectivity index (χ1n) is 14.9. The van der Waals surface area contributed by atoms with Crippen LogP contribution in [0.1, 0.15) is 39.0 Å². The summed E-state index contributed by atoms with van der Waals surface area (Å²) in [5, 5.41) is 38.7. The lowest BCUT2D eigenvalue weighted by molar-refractivity contribution is -0.274. The largest absolute Gasteiger partial charge is 0.573 e. The number of anilines is 2. The first-order chi connectivity index (χ1) is 20.0. The molecular weight excluding hydrogens is 557 g/mol. The van der Waals surface area contributed by atoms with E-state index in [1.165, 1.54) is 12.1 Å². The maximum atomic E-state index is 12.5. The molecule has 15 heteroatoms. The van der Waals surface area contributed by atoms with Gasteiger partial charge in [-0.25, -0.2) is 4.90 Å². The molecule has 9 N–H and O–H groups in total. The summed E-state index contributed by atoms with van der Waals surface area (Å²) in [6.07, 6.45) is -3.53. The SMILES string of the molecule is CCC1NC(N)C2NCN([C@@H]3O[C@H](CN(C)[C@H]4C[C@@H](CCC5Nc6ccc(OC(F)(F)F)cc6N5)C4)[C@@H](O)[C@H]3O)C2N1. The fraction of sp³-hybridized carbons (Fsp3) is 0.778. The van der Waals surface area contributed by atoms with Gasteiger partial charge in [-0.3, -0.25) is 16.0 Å². The van der Waals surface area contributed by atoms with E-state index in [0.29, 0.717) is 30.9 Å². The number of fused-ring (bicyclic) bond motifs is 2. The molecule has 0 spiro atoms. The maximum Gasteiger partial charge on any atom is 0.573 e. The maximum absolute atomic E-state index is 12.5. The molecule has 236 valence electrons. The molecule has 9 atom stereocenters. The van der Waals surface area contributed by atoms with Crippen LogP contribution in [0.3, 0.4) is 0 Å². The molecule has 6 rings (SSSR count). The number of aliphatic hydroxyl groups is 2. The van der Waals surface area contributed by atoms with Crippen LogP contribution in [0.4, 0.5) is 24.5 Å². The Balaban J connectivity index is 0.940. The second kappa shape index (κ2) is 11.9. The van der Waals surface area contributed by atoms with Gasteiger partial charge in [-0.1, -0.05) is 6.92 Å². The number of likely N-dealkylation sites (N-methyl/N-ethyl adjacent to an activating group) is 1. The van der Waals surface area contributed by atoms with Crippen LogP contribution in [0.25, 0.3) is 0 Å². The highest BCUT2D eigenvalue weighted by Gasteiger charge is 2.52. The smallest absolute Gasteiger partial charge is 0.406 e. The topological polar surface area (TPSA) is 152 Å². The van der Waals surface area contributed by atoms with Crippen LogP contribution >= 0.6 is 0 Å². The third-order valence-corrected chi connectivity index (χ3v) is 9.48. The number of rotatable bonds is 9. The Bertz CT molecular complexity index is 1100. The van der Waals surface area contributed by atoms with Crippen molar-refractivity contribution < 1.29 is 32.9 Å². The van der Waals surface area contributed by atoms with Gasteiger partial charge in [-0.05, 0) is 57.2 Å². The predicted molar refractivity (Wildman–Crippen MR) is 149 cm³/mol. The predicted octanol–water partition coefficient (Wildman–Crippen LogP) is 0.457. The standard InChI is InChI=1S/C27H43F3N8O4/c1-3-19-35-24(31)21-25(36-19)38(12-32-21)26-23(40)22(39)18(41-26)11-37(2)14-8-13(9-14)4-7-20-33-16-6-5-15(10-17(16)34-20)42-27(28,29)30/h5-6,10,13-14,18-26,32-36,39-40H,3-4,7-9,11-12,31H2,1-2H3/t13-,14+,18-,19?,20?,21?,22-,23-,24?,25?,26-/m1/s1. The highest BCUT2D eigenvalue weighted by Crippen LogP contribution is 2.39. The van der Waals surface area contributed by atoms with E-state index in [0.717, 1.165) is 37.8 Å². The number of ether oxygens (including phenoxy) is 2. The van der Waals surface area contributed by atoms with Crippen molar-refractivity contribution in [2.24, 2.45) is 11.7 Å². The number of nitrogens with zero attached hydrogens (tertiary/aromatic N) is 2. The number of halogens is 3. The lowest BCUT2D eigenvalue weighted by Gasteiger charge is -2.43. The monoisotopic (exact) mass is 600 g/mol. The van der Waals surface area contributed by atoms with Gasteiger partial charge in [0, 0.05) is 18.7 Å². The molecule has 4 fully saturated rings. The van der Waals surface area contributed by atoms with E-state index in [1.807, 2.05) is 11.9 Å². The molecule has 1 saturated carbocycles. The number of hydrogen-bond donors (Lipinski definition) is 8. The van der Waals surface area contributed by atoms with Gasteiger partial charge in [0.1, 0.15) is 30.3 Å². The van der Waals surface area contributed by atoms with Crippen molar-refractivity contribution in [3.63, 3.8) is 0 Å². The summed E-state index contributed by atoms with van der Waals surface area (Å²) in [5.41, 5.74) is 7.69. The summed E-state index contributed by atoms with van der Waals surface area (Å²) in [5.74, 6) is 0.297. The van der Waals surface area contributed by atoms with Crippen molar-refractivity contribution in [1.82, 2.24) is 25.8 Å². The summed E-state index contributed by atoms with van der Waals surface area (Å²) in [6.45, 7) is 3.08. The summed E-state index contributed by atoms with van der Waals surface area (Å²) < 4.78 is 47.9. The van der Waals surface area contributed by atoms with Crippen molar-refractivity contribution in [2.45, 2.75) is 107 Å². The number of nitrogens with two attached hydrogens (primary N) is 1. The molecule has 12 nitrogen and oxygen atoms in total. The minimum atomic E-state index is -4.72. The summed E-state index contributed by atoms with van der Waals surface area (Å²) in [6, 6.07) is 4.58. The van der Waals surface area contributed by atoms with Crippen molar-refractivity contribution in [3.05, 3.63) is 18.2 Å². The van der Waals surface area contributed by atoms with E-state index >= 15 is 0 Å². The first kappa shape index (κ1) is 30.1. The zero-order valence-corrected chi connectivity index (χ0v) is 23.8. The fourth-order valence-corrected chi connectivity index (χ4v) is 7.03. The summed E-state index contributed by atoms with van der Waals surface area (Å²) in [4.78, 5) is 4.23. The highest BCUT2D eigenvalue weighted by molar-refractivity contribution is 5.75. The van der Waals surface area contributed by atoms with Crippen molar-refractivity contribution in [1.29, 1.82) is 0 Å². The van der Waals surface area contributed by atoms with E-state index in [2.05, 4.69) is 43.1 Å². The molecule has 0 aromatic heterocycles. The molecular formula is C27H43F3N8O4. The Kier molecular flexibility index (Phi) is 8.50. The van der Waals surface area contributed by atoms with Crippen molar-refractivity contribution in [2.75, 3.05) is 30.9 Å². The molecule has 1 aliphatic carbocycles. The molecule has 5 unspecified atom stereocenters. The van der Waals surface area contributed by atoms with Crippen LogP contribution in [0.2, 0.25) is 0 Å². The van der Waals surface area contributed by atoms with Crippen molar-refractivity contribution >= 4 is 11.4 Å². The Morgan fingerprint density at radius 1 is 1.10 bits per heavy atom. The third-order valence-electron chi connectivity index (χ3n) is 9.48. The van der Waals surface area contributed by atoms with E-state index in [1.54, 1.807) is 6.07 Å². The van der Waals surface area contributed by atoms with Gasteiger partial charge in [0.2, 0.25) is 0 Å². The zero-order valence-electron chi connectivity index (χ0n) is 23.8. The van der Waals surface area contributed by atoms with Gasteiger partial charge >= 0.3 is 6.36 Å². The second-order valence-corrected chi connectivity index (χ2v) is 12.3. The molecule has 5 aliphatic rings. The Morgan fingerprint density at radius 2 is 1.86 bits per heavy atom. The molecule has 4 heterocycles. The van der Waals surface area contributed by atoms with Gasteiger partial charge in [0.25, 0.3) is 0 Å².